The van der Waals surface area contributed by atoms with E-state index in [0.29, 0.717) is 12.6 Å². The Balaban J connectivity index is 1.92. The lowest BCUT2D eigenvalue weighted by Crippen LogP contribution is -2.46. The average Bonchev–Trinajstić information content (AvgIpc) is 2.75. The Morgan fingerprint density at radius 1 is 1.50 bits per heavy atom. The van der Waals surface area contributed by atoms with Crippen LogP contribution in [0.1, 0.15) is 37.6 Å². The van der Waals surface area contributed by atoms with Crippen molar-refractivity contribution in [1.82, 2.24) is 20.0 Å². The fourth-order valence-electron chi connectivity index (χ4n) is 2.82. The second kappa shape index (κ2) is 6.88. The van der Waals surface area contributed by atoms with E-state index in [9.17, 15) is 4.79 Å². The Hall–Kier alpha value is -1.36. The summed E-state index contributed by atoms with van der Waals surface area (Å²) < 4.78 is 1.80. The lowest BCUT2D eigenvalue weighted by atomic mass is 10.0. The summed E-state index contributed by atoms with van der Waals surface area (Å²) in [6.45, 7) is 8.99. The summed E-state index contributed by atoms with van der Waals surface area (Å²) in [6.07, 6.45) is 3.69. The summed E-state index contributed by atoms with van der Waals surface area (Å²) in [5.74, 6) is 0.158. The summed E-state index contributed by atoms with van der Waals surface area (Å²) in [6, 6.07) is 2.46. The van der Waals surface area contributed by atoms with Crippen LogP contribution in [-0.2, 0) is 11.3 Å². The molecule has 1 aliphatic heterocycles. The first-order valence-corrected chi connectivity index (χ1v) is 7.62. The molecule has 0 radical (unpaired) electrons. The molecule has 2 heterocycles. The van der Waals surface area contributed by atoms with Gasteiger partial charge in [0, 0.05) is 24.8 Å². The first-order chi connectivity index (χ1) is 9.60. The lowest BCUT2D eigenvalue weighted by Gasteiger charge is -2.30. The van der Waals surface area contributed by atoms with Crippen molar-refractivity contribution in [3.8, 4) is 0 Å². The van der Waals surface area contributed by atoms with Gasteiger partial charge in [0.25, 0.3) is 0 Å². The van der Waals surface area contributed by atoms with Crippen LogP contribution in [0.3, 0.4) is 0 Å². The van der Waals surface area contributed by atoms with Gasteiger partial charge in [0.2, 0.25) is 5.91 Å². The third-order valence-electron chi connectivity index (χ3n) is 3.98. The number of aryl methyl sites for hydroxylation is 2. The maximum absolute atomic E-state index is 12.4. The Labute approximate surface area is 121 Å². The number of rotatable bonds is 5. The lowest BCUT2D eigenvalue weighted by molar-refractivity contribution is -0.132. The molecule has 1 aliphatic rings. The minimum atomic E-state index is 0.158. The number of hydrogen-bond donors (Lipinski definition) is 1. The minimum absolute atomic E-state index is 0.158. The molecule has 112 valence electrons. The Bertz CT molecular complexity index is 449. The highest BCUT2D eigenvalue weighted by Crippen LogP contribution is 2.09. The van der Waals surface area contributed by atoms with E-state index in [1.165, 1.54) is 19.3 Å². The zero-order valence-corrected chi connectivity index (χ0v) is 12.9. The van der Waals surface area contributed by atoms with Crippen molar-refractivity contribution in [2.45, 2.75) is 52.6 Å². The summed E-state index contributed by atoms with van der Waals surface area (Å²) in [4.78, 5) is 14.4. The predicted molar refractivity (Wildman–Crippen MR) is 79.6 cm³/mol. The van der Waals surface area contributed by atoms with E-state index in [1.807, 2.05) is 31.7 Å². The molecular formula is C15H26N4O. The van der Waals surface area contributed by atoms with E-state index in [2.05, 4.69) is 10.4 Å². The molecule has 1 N–H and O–H groups in total. The molecule has 5 nitrogen and oxygen atoms in total. The van der Waals surface area contributed by atoms with Crippen LogP contribution in [-0.4, -0.2) is 46.3 Å². The Kier molecular flexibility index (Phi) is 5.17. The molecule has 0 aromatic carbocycles. The number of aromatic nitrogens is 2. The number of nitrogens with one attached hydrogen (secondary N) is 1. The molecule has 0 aliphatic carbocycles. The van der Waals surface area contributed by atoms with Crippen LogP contribution in [0.5, 0.6) is 0 Å². The largest absolute Gasteiger partial charge is 0.340 e. The Morgan fingerprint density at radius 3 is 2.85 bits per heavy atom. The first-order valence-electron chi connectivity index (χ1n) is 7.62. The number of carbonyl (C=O) groups is 1. The van der Waals surface area contributed by atoms with Gasteiger partial charge < -0.3 is 10.2 Å². The fourth-order valence-corrected chi connectivity index (χ4v) is 2.82. The molecule has 5 heteroatoms. The third-order valence-corrected chi connectivity index (χ3v) is 3.98. The van der Waals surface area contributed by atoms with Gasteiger partial charge >= 0.3 is 0 Å². The van der Waals surface area contributed by atoms with Crippen LogP contribution in [0.4, 0.5) is 0 Å². The number of carbonyl (C=O) groups excluding carboxylic acids is 1. The highest BCUT2D eigenvalue weighted by atomic mass is 16.2. The monoisotopic (exact) mass is 278 g/mol. The molecule has 1 fully saturated rings. The van der Waals surface area contributed by atoms with Crippen LogP contribution in [0.15, 0.2) is 6.07 Å². The topological polar surface area (TPSA) is 50.2 Å². The van der Waals surface area contributed by atoms with Gasteiger partial charge in [-0.15, -0.1) is 0 Å². The van der Waals surface area contributed by atoms with E-state index in [1.54, 1.807) is 4.68 Å². The second-order valence-electron chi connectivity index (χ2n) is 5.66. The Morgan fingerprint density at radius 2 is 2.30 bits per heavy atom. The highest BCUT2D eigenvalue weighted by molar-refractivity contribution is 5.76. The fraction of sp³-hybridized carbons (Fsp3) is 0.733. The molecule has 1 amide bonds. The zero-order valence-electron chi connectivity index (χ0n) is 12.9. The van der Waals surface area contributed by atoms with Gasteiger partial charge in [-0.2, -0.15) is 5.10 Å². The van der Waals surface area contributed by atoms with E-state index in [4.69, 9.17) is 0 Å². The SMILES string of the molecule is CCN(CC1CCCCN1)C(=O)Cn1nc(C)cc1C. The zero-order chi connectivity index (χ0) is 14.5. The van der Waals surface area contributed by atoms with Crippen LogP contribution >= 0.6 is 0 Å². The van der Waals surface area contributed by atoms with Crippen molar-refractivity contribution >= 4 is 5.91 Å². The van der Waals surface area contributed by atoms with Gasteiger partial charge in [0.1, 0.15) is 6.54 Å². The summed E-state index contributed by atoms with van der Waals surface area (Å²) in [5, 5.41) is 7.87. The van der Waals surface area contributed by atoms with Crippen molar-refractivity contribution in [1.29, 1.82) is 0 Å². The van der Waals surface area contributed by atoms with Crippen LogP contribution < -0.4 is 5.32 Å². The summed E-state index contributed by atoms with van der Waals surface area (Å²) in [7, 11) is 0. The minimum Gasteiger partial charge on any atom is -0.340 e. The summed E-state index contributed by atoms with van der Waals surface area (Å²) >= 11 is 0. The number of amides is 1. The molecule has 2 rings (SSSR count). The quantitative estimate of drug-likeness (QED) is 0.888. The maximum atomic E-state index is 12.4. The molecule has 1 aromatic heterocycles. The van der Waals surface area contributed by atoms with E-state index >= 15 is 0 Å². The van der Waals surface area contributed by atoms with Crippen LogP contribution in [0.2, 0.25) is 0 Å². The number of likely N-dealkylation sites (N-methyl/N-ethyl adjacent to an activating group) is 1. The molecule has 0 spiro atoms. The number of nitrogens with zero attached hydrogens (tertiary/aromatic N) is 3. The maximum Gasteiger partial charge on any atom is 0.244 e. The van der Waals surface area contributed by atoms with Crippen molar-refractivity contribution in [3.05, 3.63) is 17.5 Å². The molecule has 0 bridgehead atoms. The van der Waals surface area contributed by atoms with Gasteiger partial charge in [-0.3, -0.25) is 9.48 Å². The number of hydrogen-bond acceptors (Lipinski definition) is 3. The van der Waals surface area contributed by atoms with Gasteiger partial charge in [-0.25, -0.2) is 0 Å². The summed E-state index contributed by atoms with van der Waals surface area (Å²) in [5.41, 5.74) is 2.01. The molecule has 1 aromatic rings. The van der Waals surface area contributed by atoms with Crippen molar-refractivity contribution in [3.63, 3.8) is 0 Å². The predicted octanol–water partition coefficient (Wildman–Crippen LogP) is 1.49. The number of piperidine rings is 1. The van der Waals surface area contributed by atoms with Crippen molar-refractivity contribution in [2.75, 3.05) is 19.6 Å². The molecule has 0 saturated carbocycles. The first kappa shape index (κ1) is 15.0. The molecule has 1 unspecified atom stereocenters. The molecule has 1 saturated heterocycles. The standard InChI is InChI=1S/C15H26N4O/c1-4-18(10-14-7-5-6-8-16-14)15(20)11-19-13(3)9-12(2)17-19/h9,14,16H,4-8,10-11H2,1-3H3. The third kappa shape index (κ3) is 3.82. The van der Waals surface area contributed by atoms with Crippen LogP contribution in [0, 0.1) is 13.8 Å². The average molecular weight is 278 g/mol. The van der Waals surface area contributed by atoms with Crippen LogP contribution in [0.25, 0.3) is 0 Å². The second-order valence-corrected chi connectivity index (χ2v) is 5.66. The van der Waals surface area contributed by atoms with Gasteiger partial charge in [-0.1, -0.05) is 6.42 Å². The highest BCUT2D eigenvalue weighted by Gasteiger charge is 2.20. The van der Waals surface area contributed by atoms with Crippen molar-refractivity contribution in [2.24, 2.45) is 0 Å². The van der Waals surface area contributed by atoms with E-state index in [0.717, 1.165) is 31.0 Å². The van der Waals surface area contributed by atoms with Gasteiger partial charge in [0.05, 0.1) is 5.69 Å². The molecular weight excluding hydrogens is 252 g/mol. The van der Waals surface area contributed by atoms with E-state index < -0.39 is 0 Å². The molecule has 20 heavy (non-hydrogen) atoms. The van der Waals surface area contributed by atoms with Gasteiger partial charge in [0.15, 0.2) is 0 Å². The smallest absolute Gasteiger partial charge is 0.244 e. The normalized spacial score (nSPS) is 19.1. The molecule has 1 atom stereocenters. The van der Waals surface area contributed by atoms with Crippen molar-refractivity contribution < 1.29 is 4.79 Å². The van der Waals surface area contributed by atoms with E-state index in [-0.39, 0.29) is 5.91 Å². The van der Waals surface area contributed by atoms with Gasteiger partial charge in [-0.05, 0) is 46.2 Å².